The topological polar surface area (TPSA) is 0 Å². The minimum atomic E-state index is -0.511. The molecule has 0 amide bonds. The predicted octanol–water partition coefficient (Wildman–Crippen LogP) is 6.27. The van der Waals surface area contributed by atoms with Crippen molar-refractivity contribution < 1.29 is 8.78 Å². The normalized spacial score (nSPS) is 20.9. The summed E-state index contributed by atoms with van der Waals surface area (Å²) in [5, 5.41) is 0. The maximum Gasteiger partial charge on any atom is 0.142 e. The zero-order valence-corrected chi connectivity index (χ0v) is 14.4. The van der Waals surface area contributed by atoms with Crippen LogP contribution in [0.2, 0.25) is 0 Å². The standard InChI is InChI=1S/C21H28F2/c1-3-5-7-18-14-20(22)19(21(23)15-18)13-12-17-10-8-16(6-4-2)9-11-17/h14-17H,3-11H2,1-2H3. The van der Waals surface area contributed by atoms with Crippen LogP contribution in [0.1, 0.15) is 76.3 Å². The van der Waals surface area contributed by atoms with Crippen molar-refractivity contribution in [3.05, 3.63) is 34.9 Å². The van der Waals surface area contributed by atoms with Crippen LogP contribution in [-0.2, 0) is 6.42 Å². The highest BCUT2D eigenvalue weighted by Gasteiger charge is 2.19. The van der Waals surface area contributed by atoms with Crippen LogP contribution in [0.15, 0.2) is 12.1 Å². The van der Waals surface area contributed by atoms with Crippen molar-refractivity contribution in [1.82, 2.24) is 0 Å². The Balaban J connectivity index is 2.01. The van der Waals surface area contributed by atoms with Gasteiger partial charge in [-0.2, -0.15) is 0 Å². The van der Waals surface area contributed by atoms with Crippen LogP contribution in [0.4, 0.5) is 8.78 Å². The lowest BCUT2D eigenvalue weighted by molar-refractivity contribution is 0.300. The first-order valence-electron chi connectivity index (χ1n) is 9.13. The summed E-state index contributed by atoms with van der Waals surface area (Å²) in [5.41, 5.74) is 0.674. The lowest BCUT2D eigenvalue weighted by Gasteiger charge is -2.25. The number of benzene rings is 1. The van der Waals surface area contributed by atoms with E-state index in [1.54, 1.807) is 0 Å². The third-order valence-corrected chi connectivity index (χ3v) is 4.87. The Morgan fingerprint density at radius 2 is 1.65 bits per heavy atom. The largest absolute Gasteiger partial charge is 0.206 e. The Morgan fingerprint density at radius 3 is 2.22 bits per heavy atom. The molecule has 0 bridgehead atoms. The van der Waals surface area contributed by atoms with Crippen LogP contribution < -0.4 is 0 Å². The van der Waals surface area contributed by atoms with Crippen molar-refractivity contribution in [3.8, 4) is 11.8 Å². The zero-order valence-electron chi connectivity index (χ0n) is 14.4. The molecule has 0 nitrogen and oxygen atoms in total. The van der Waals surface area contributed by atoms with Crippen LogP contribution in [0.5, 0.6) is 0 Å². The first-order chi connectivity index (χ1) is 11.1. The molecule has 0 N–H and O–H groups in total. The van der Waals surface area contributed by atoms with Crippen molar-refractivity contribution in [2.75, 3.05) is 0 Å². The third kappa shape index (κ3) is 5.34. The van der Waals surface area contributed by atoms with Gasteiger partial charge in [-0.15, -0.1) is 0 Å². The average molecular weight is 318 g/mol. The van der Waals surface area contributed by atoms with E-state index in [0.29, 0.717) is 5.92 Å². The molecule has 1 saturated carbocycles. The zero-order chi connectivity index (χ0) is 16.7. The summed E-state index contributed by atoms with van der Waals surface area (Å²) in [5.74, 6) is 5.99. The summed E-state index contributed by atoms with van der Waals surface area (Å²) in [7, 11) is 0. The van der Waals surface area contributed by atoms with Gasteiger partial charge >= 0.3 is 0 Å². The van der Waals surface area contributed by atoms with Gasteiger partial charge in [0, 0.05) is 5.92 Å². The second kappa shape index (κ2) is 9.06. The molecule has 23 heavy (non-hydrogen) atoms. The molecular weight excluding hydrogens is 290 g/mol. The van der Waals surface area contributed by atoms with Gasteiger partial charge in [-0.1, -0.05) is 45.0 Å². The highest BCUT2D eigenvalue weighted by atomic mass is 19.1. The predicted molar refractivity (Wildman–Crippen MR) is 92.2 cm³/mol. The third-order valence-electron chi connectivity index (χ3n) is 4.87. The number of hydrogen-bond donors (Lipinski definition) is 0. The van der Waals surface area contributed by atoms with Crippen molar-refractivity contribution >= 4 is 0 Å². The molecule has 1 aromatic rings. The van der Waals surface area contributed by atoms with E-state index >= 15 is 0 Å². The first-order valence-corrected chi connectivity index (χ1v) is 9.13. The second-order valence-electron chi connectivity index (χ2n) is 6.81. The van der Waals surface area contributed by atoms with Gasteiger partial charge in [-0.05, 0) is 62.1 Å². The monoisotopic (exact) mass is 318 g/mol. The molecule has 2 rings (SSSR count). The first kappa shape index (κ1) is 18.0. The van der Waals surface area contributed by atoms with Crippen molar-refractivity contribution in [2.24, 2.45) is 11.8 Å². The molecule has 0 heterocycles. The number of rotatable bonds is 5. The number of hydrogen-bond acceptors (Lipinski definition) is 0. The van der Waals surface area contributed by atoms with E-state index in [1.165, 1.54) is 37.8 Å². The molecule has 0 radical (unpaired) electrons. The Hall–Kier alpha value is -1.36. The maximum atomic E-state index is 14.1. The summed E-state index contributed by atoms with van der Waals surface area (Å²) >= 11 is 0. The van der Waals surface area contributed by atoms with Gasteiger partial charge in [0.15, 0.2) is 0 Å². The maximum absolute atomic E-state index is 14.1. The Kier molecular flexibility index (Phi) is 7.09. The summed E-state index contributed by atoms with van der Waals surface area (Å²) < 4.78 is 28.2. The molecule has 0 spiro atoms. The second-order valence-corrected chi connectivity index (χ2v) is 6.81. The summed E-state index contributed by atoms with van der Waals surface area (Å²) in [6.45, 7) is 4.30. The smallest absolute Gasteiger partial charge is 0.142 e. The lowest BCUT2D eigenvalue weighted by Crippen LogP contribution is -2.13. The fraction of sp³-hybridized carbons (Fsp3) is 0.619. The molecule has 0 unspecified atom stereocenters. The molecule has 0 saturated heterocycles. The van der Waals surface area contributed by atoms with Crippen LogP contribution >= 0.6 is 0 Å². The number of aryl methyl sites for hydroxylation is 1. The Bertz CT molecular complexity index is 534. The molecule has 126 valence electrons. The molecule has 1 aromatic carbocycles. The molecule has 1 aliphatic carbocycles. The minimum Gasteiger partial charge on any atom is -0.206 e. The van der Waals surface area contributed by atoms with Crippen LogP contribution in [0, 0.1) is 35.3 Å². The fourth-order valence-corrected chi connectivity index (χ4v) is 3.45. The van der Waals surface area contributed by atoms with E-state index in [1.807, 2.05) is 0 Å². The molecule has 1 aliphatic rings. The summed E-state index contributed by atoms with van der Waals surface area (Å²) in [6.07, 6.45) is 9.76. The molecule has 1 fully saturated rings. The Labute approximate surface area is 139 Å². The molecule has 0 atom stereocenters. The van der Waals surface area contributed by atoms with Gasteiger partial charge in [0.2, 0.25) is 0 Å². The van der Waals surface area contributed by atoms with E-state index < -0.39 is 11.6 Å². The molecule has 0 aromatic heterocycles. The summed E-state index contributed by atoms with van der Waals surface area (Å²) in [6, 6.07) is 2.89. The van der Waals surface area contributed by atoms with Gasteiger partial charge in [0.25, 0.3) is 0 Å². The average Bonchev–Trinajstić information content (AvgIpc) is 2.54. The summed E-state index contributed by atoms with van der Waals surface area (Å²) in [4.78, 5) is 0. The quantitative estimate of drug-likeness (QED) is 0.562. The van der Waals surface area contributed by atoms with E-state index in [4.69, 9.17) is 0 Å². The van der Waals surface area contributed by atoms with E-state index in [2.05, 4.69) is 25.7 Å². The fourth-order valence-electron chi connectivity index (χ4n) is 3.45. The van der Waals surface area contributed by atoms with E-state index in [0.717, 1.165) is 43.6 Å². The van der Waals surface area contributed by atoms with Gasteiger partial charge in [0.05, 0.1) is 5.56 Å². The lowest BCUT2D eigenvalue weighted by atomic mass is 9.80. The van der Waals surface area contributed by atoms with Crippen molar-refractivity contribution in [1.29, 1.82) is 0 Å². The van der Waals surface area contributed by atoms with Crippen molar-refractivity contribution in [3.63, 3.8) is 0 Å². The number of unbranched alkanes of at least 4 members (excludes halogenated alkanes) is 1. The number of halogens is 2. The Morgan fingerprint density at radius 1 is 1.00 bits per heavy atom. The van der Waals surface area contributed by atoms with Gasteiger partial charge in [-0.25, -0.2) is 8.78 Å². The highest BCUT2D eigenvalue weighted by Crippen LogP contribution is 2.31. The van der Waals surface area contributed by atoms with E-state index in [9.17, 15) is 8.78 Å². The van der Waals surface area contributed by atoms with E-state index in [-0.39, 0.29) is 5.56 Å². The SMILES string of the molecule is CCCCc1cc(F)c(C#CC2CCC(CCC)CC2)c(F)c1. The van der Waals surface area contributed by atoms with Gasteiger partial charge in [-0.3, -0.25) is 0 Å². The molecular formula is C21H28F2. The molecule has 2 heteroatoms. The van der Waals surface area contributed by atoms with Crippen LogP contribution in [-0.4, -0.2) is 0 Å². The highest BCUT2D eigenvalue weighted by molar-refractivity contribution is 5.39. The molecule has 0 aliphatic heterocycles. The van der Waals surface area contributed by atoms with Crippen molar-refractivity contribution in [2.45, 2.75) is 71.6 Å². The van der Waals surface area contributed by atoms with Crippen LogP contribution in [0.3, 0.4) is 0 Å². The van der Waals surface area contributed by atoms with Gasteiger partial charge < -0.3 is 0 Å². The van der Waals surface area contributed by atoms with Gasteiger partial charge in [0.1, 0.15) is 11.6 Å². The van der Waals surface area contributed by atoms with Crippen LogP contribution in [0.25, 0.3) is 0 Å². The minimum absolute atomic E-state index is 0.0547.